The van der Waals surface area contributed by atoms with Crippen LogP contribution in [0, 0.1) is 11.3 Å². The third kappa shape index (κ3) is 1.60. The summed E-state index contributed by atoms with van der Waals surface area (Å²) in [5.74, 6) is -3.22. The standard InChI is InChI=1S/C7H5F2NOS/c8-7(9,4-11)6-2-1-5(3-10)12-6/h1-2,11H,4H2. The lowest BCUT2D eigenvalue weighted by molar-refractivity contribution is -0.0524. The zero-order valence-electron chi connectivity index (χ0n) is 5.92. The Morgan fingerprint density at radius 1 is 1.58 bits per heavy atom. The van der Waals surface area contributed by atoms with Crippen LogP contribution in [0.2, 0.25) is 0 Å². The lowest BCUT2D eigenvalue weighted by atomic mass is 10.3. The van der Waals surface area contributed by atoms with E-state index in [1.54, 1.807) is 6.07 Å². The summed E-state index contributed by atoms with van der Waals surface area (Å²) < 4.78 is 25.4. The molecule has 0 atom stereocenters. The van der Waals surface area contributed by atoms with Crippen molar-refractivity contribution in [3.05, 3.63) is 21.9 Å². The van der Waals surface area contributed by atoms with Crippen molar-refractivity contribution >= 4 is 11.3 Å². The van der Waals surface area contributed by atoms with Crippen LogP contribution in [0.3, 0.4) is 0 Å². The molecule has 64 valence electrons. The molecule has 0 amide bonds. The molecule has 0 aliphatic carbocycles. The highest BCUT2D eigenvalue weighted by Crippen LogP contribution is 2.32. The van der Waals surface area contributed by atoms with Gasteiger partial charge in [0.05, 0.1) is 4.88 Å². The van der Waals surface area contributed by atoms with Gasteiger partial charge in [0, 0.05) is 0 Å². The minimum Gasteiger partial charge on any atom is -0.390 e. The normalized spacial score (nSPS) is 11.2. The van der Waals surface area contributed by atoms with Crippen LogP contribution >= 0.6 is 11.3 Å². The Morgan fingerprint density at radius 2 is 2.25 bits per heavy atom. The summed E-state index contributed by atoms with van der Waals surface area (Å²) in [5, 5.41) is 16.6. The maximum absolute atomic E-state index is 12.7. The summed E-state index contributed by atoms with van der Waals surface area (Å²) in [4.78, 5) is -0.0559. The number of nitrogens with zero attached hydrogens (tertiary/aromatic N) is 1. The van der Waals surface area contributed by atoms with Gasteiger partial charge in [-0.05, 0) is 12.1 Å². The quantitative estimate of drug-likeness (QED) is 0.769. The lowest BCUT2D eigenvalue weighted by Gasteiger charge is -2.09. The molecule has 0 saturated heterocycles. The van der Waals surface area contributed by atoms with Crippen LogP contribution in [-0.2, 0) is 5.92 Å². The van der Waals surface area contributed by atoms with E-state index in [1.807, 2.05) is 0 Å². The van der Waals surface area contributed by atoms with Gasteiger partial charge in [-0.1, -0.05) is 0 Å². The maximum atomic E-state index is 12.7. The van der Waals surface area contributed by atoms with Gasteiger partial charge in [0.15, 0.2) is 0 Å². The van der Waals surface area contributed by atoms with Crippen molar-refractivity contribution in [3.8, 4) is 6.07 Å². The third-order valence-electron chi connectivity index (χ3n) is 1.28. The van der Waals surface area contributed by atoms with Crippen molar-refractivity contribution in [3.63, 3.8) is 0 Å². The van der Waals surface area contributed by atoms with Crippen LogP contribution in [0.25, 0.3) is 0 Å². The van der Waals surface area contributed by atoms with E-state index in [0.29, 0.717) is 11.3 Å². The predicted octanol–water partition coefficient (Wildman–Crippen LogP) is 1.70. The number of hydrogen-bond acceptors (Lipinski definition) is 3. The second-order valence-electron chi connectivity index (χ2n) is 2.14. The van der Waals surface area contributed by atoms with Crippen molar-refractivity contribution in [1.82, 2.24) is 0 Å². The molecule has 1 aromatic heterocycles. The van der Waals surface area contributed by atoms with Gasteiger partial charge in [-0.25, -0.2) is 0 Å². The van der Waals surface area contributed by atoms with Crippen molar-refractivity contribution in [2.24, 2.45) is 0 Å². The van der Waals surface area contributed by atoms with Crippen LogP contribution < -0.4 is 0 Å². The molecule has 1 rings (SSSR count). The van der Waals surface area contributed by atoms with E-state index >= 15 is 0 Å². The molecule has 0 aliphatic rings. The van der Waals surface area contributed by atoms with Crippen LogP contribution in [0.5, 0.6) is 0 Å². The Hall–Kier alpha value is -0.990. The Balaban J connectivity index is 2.98. The first-order chi connectivity index (χ1) is 5.60. The van der Waals surface area contributed by atoms with Crippen molar-refractivity contribution < 1.29 is 13.9 Å². The summed E-state index contributed by atoms with van der Waals surface area (Å²) in [7, 11) is 0. The molecule has 0 fully saturated rings. The first-order valence-electron chi connectivity index (χ1n) is 3.09. The number of halogens is 2. The topological polar surface area (TPSA) is 44.0 Å². The number of hydrogen-bond donors (Lipinski definition) is 1. The van der Waals surface area contributed by atoms with Gasteiger partial charge in [-0.2, -0.15) is 14.0 Å². The number of aliphatic hydroxyl groups is 1. The molecule has 0 radical (unpaired) electrons. The Kier molecular flexibility index (Phi) is 2.40. The van der Waals surface area contributed by atoms with Gasteiger partial charge in [-0.3, -0.25) is 0 Å². The second-order valence-corrected chi connectivity index (χ2v) is 3.22. The number of nitriles is 1. The van der Waals surface area contributed by atoms with Gasteiger partial charge < -0.3 is 5.11 Å². The average molecular weight is 189 g/mol. The minimum atomic E-state index is -3.22. The molecular formula is C7H5F2NOS. The van der Waals surface area contributed by atoms with E-state index in [2.05, 4.69) is 0 Å². The number of aliphatic hydroxyl groups excluding tert-OH is 1. The van der Waals surface area contributed by atoms with E-state index in [0.717, 1.165) is 6.07 Å². The summed E-state index contributed by atoms with van der Waals surface area (Å²) in [6.07, 6.45) is 0. The Labute approximate surface area is 71.7 Å². The van der Waals surface area contributed by atoms with E-state index in [9.17, 15) is 8.78 Å². The van der Waals surface area contributed by atoms with Crippen molar-refractivity contribution in [2.75, 3.05) is 6.61 Å². The highest BCUT2D eigenvalue weighted by atomic mass is 32.1. The molecule has 0 saturated carbocycles. The van der Waals surface area contributed by atoms with Crippen molar-refractivity contribution in [2.45, 2.75) is 5.92 Å². The molecule has 1 aromatic rings. The predicted molar refractivity (Wildman–Crippen MR) is 40.0 cm³/mol. The van der Waals surface area contributed by atoms with Gasteiger partial charge in [0.1, 0.15) is 17.6 Å². The fourth-order valence-electron chi connectivity index (χ4n) is 0.672. The molecule has 1 N–H and O–H groups in total. The molecular weight excluding hydrogens is 184 g/mol. The number of alkyl halides is 2. The largest absolute Gasteiger partial charge is 0.390 e. The molecule has 0 spiro atoms. The first-order valence-corrected chi connectivity index (χ1v) is 3.91. The van der Waals surface area contributed by atoms with Crippen molar-refractivity contribution in [1.29, 1.82) is 5.26 Å². The first kappa shape index (κ1) is 9.10. The molecule has 5 heteroatoms. The van der Waals surface area contributed by atoms with Gasteiger partial charge in [0.25, 0.3) is 0 Å². The SMILES string of the molecule is N#Cc1ccc(C(F)(F)CO)s1. The Bertz CT molecular complexity index is 315. The van der Waals surface area contributed by atoms with Crippen LogP contribution in [0.1, 0.15) is 9.75 Å². The summed E-state index contributed by atoms with van der Waals surface area (Å²) >= 11 is 0.693. The molecule has 2 nitrogen and oxygen atoms in total. The summed E-state index contributed by atoms with van der Waals surface area (Å²) in [6, 6.07) is 4.21. The monoisotopic (exact) mass is 189 g/mol. The molecule has 0 aromatic carbocycles. The molecule has 1 heterocycles. The summed E-state index contributed by atoms with van der Waals surface area (Å²) in [5.41, 5.74) is 0. The third-order valence-corrected chi connectivity index (χ3v) is 2.38. The molecule has 0 bridgehead atoms. The van der Waals surface area contributed by atoms with Crippen LogP contribution in [-0.4, -0.2) is 11.7 Å². The van der Waals surface area contributed by atoms with E-state index in [-0.39, 0.29) is 9.75 Å². The smallest absolute Gasteiger partial charge is 0.304 e. The van der Waals surface area contributed by atoms with E-state index < -0.39 is 12.5 Å². The lowest BCUT2D eigenvalue weighted by Crippen LogP contribution is -2.16. The maximum Gasteiger partial charge on any atom is 0.304 e. The number of thiophene rings is 1. The van der Waals surface area contributed by atoms with Gasteiger partial charge >= 0.3 is 5.92 Å². The fraction of sp³-hybridized carbons (Fsp3) is 0.286. The van der Waals surface area contributed by atoms with E-state index in [4.69, 9.17) is 10.4 Å². The van der Waals surface area contributed by atoms with Crippen LogP contribution in [0.15, 0.2) is 12.1 Å². The fourth-order valence-corrected chi connectivity index (χ4v) is 1.44. The molecule has 12 heavy (non-hydrogen) atoms. The van der Waals surface area contributed by atoms with E-state index in [1.165, 1.54) is 6.07 Å². The zero-order valence-corrected chi connectivity index (χ0v) is 6.74. The average Bonchev–Trinajstić information content (AvgIpc) is 2.52. The number of rotatable bonds is 2. The zero-order chi connectivity index (χ0) is 9.19. The minimum absolute atomic E-state index is 0.220. The highest BCUT2D eigenvalue weighted by molar-refractivity contribution is 7.12. The highest BCUT2D eigenvalue weighted by Gasteiger charge is 2.32. The van der Waals surface area contributed by atoms with Crippen LogP contribution in [0.4, 0.5) is 8.78 Å². The Morgan fingerprint density at radius 3 is 2.67 bits per heavy atom. The van der Waals surface area contributed by atoms with Gasteiger partial charge in [0.2, 0.25) is 0 Å². The summed E-state index contributed by atoms with van der Waals surface area (Å²) in [6.45, 7) is -1.22. The molecule has 0 aliphatic heterocycles. The molecule has 0 unspecified atom stereocenters. The second kappa shape index (κ2) is 3.17. The van der Waals surface area contributed by atoms with Gasteiger partial charge in [-0.15, -0.1) is 11.3 Å².